The van der Waals surface area contributed by atoms with Gasteiger partial charge in [-0.25, -0.2) is 4.68 Å². The molecule has 102 valence electrons. The van der Waals surface area contributed by atoms with Crippen LogP contribution >= 0.6 is 0 Å². The van der Waals surface area contributed by atoms with E-state index in [4.69, 9.17) is 10.5 Å². The predicted octanol–water partition coefficient (Wildman–Crippen LogP) is 2.76. The van der Waals surface area contributed by atoms with Crippen LogP contribution in [0.15, 0.2) is 24.4 Å². The molecule has 0 radical (unpaired) electrons. The van der Waals surface area contributed by atoms with E-state index >= 15 is 0 Å². The highest BCUT2D eigenvalue weighted by atomic mass is 16.5. The average Bonchev–Trinajstić information content (AvgIpc) is 2.87. The van der Waals surface area contributed by atoms with E-state index in [1.54, 1.807) is 10.7 Å². The van der Waals surface area contributed by atoms with E-state index in [0.717, 1.165) is 12.1 Å². The van der Waals surface area contributed by atoms with Gasteiger partial charge in [0.15, 0.2) is 5.82 Å². The second-order valence-electron chi connectivity index (χ2n) is 4.75. The maximum absolute atomic E-state index is 5.84. The van der Waals surface area contributed by atoms with E-state index in [0.29, 0.717) is 29.9 Å². The Hall–Kier alpha value is -2.04. The molecule has 0 aromatic carbocycles. The van der Waals surface area contributed by atoms with Crippen LogP contribution in [-0.4, -0.2) is 21.4 Å². The second kappa shape index (κ2) is 5.73. The predicted molar refractivity (Wildman–Crippen MR) is 75.6 cm³/mol. The molecule has 0 fully saturated rings. The number of hydrogen-bond donors (Lipinski definition) is 1. The molecule has 5 nitrogen and oxygen atoms in total. The number of anilines is 1. The number of pyridine rings is 1. The van der Waals surface area contributed by atoms with Crippen molar-refractivity contribution in [1.29, 1.82) is 0 Å². The summed E-state index contributed by atoms with van der Waals surface area (Å²) >= 11 is 0. The number of nitrogens with zero attached hydrogens (tertiary/aromatic N) is 3. The van der Waals surface area contributed by atoms with E-state index in [1.165, 1.54) is 0 Å². The minimum absolute atomic E-state index is 0.394. The van der Waals surface area contributed by atoms with E-state index in [9.17, 15) is 0 Å². The van der Waals surface area contributed by atoms with Crippen molar-refractivity contribution in [3.8, 4) is 11.7 Å². The first-order chi connectivity index (χ1) is 9.11. The van der Waals surface area contributed by atoms with Gasteiger partial charge in [-0.15, -0.1) is 0 Å². The van der Waals surface area contributed by atoms with Crippen molar-refractivity contribution < 1.29 is 4.74 Å². The molecule has 2 rings (SSSR count). The fourth-order valence-electron chi connectivity index (χ4n) is 1.66. The monoisotopic (exact) mass is 260 g/mol. The molecule has 0 atom stereocenters. The minimum atomic E-state index is 0.394. The van der Waals surface area contributed by atoms with Gasteiger partial charge in [0.2, 0.25) is 5.88 Å². The van der Waals surface area contributed by atoms with Crippen molar-refractivity contribution in [2.45, 2.75) is 33.1 Å². The van der Waals surface area contributed by atoms with E-state index in [1.807, 2.05) is 25.3 Å². The van der Waals surface area contributed by atoms with Gasteiger partial charge in [-0.1, -0.05) is 20.8 Å². The molecular formula is C14H20N4O. The van der Waals surface area contributed by atoms with Crippen LogP contribution in [0.3, 0.4) is 0 Å². The minimum Gasteiger partial charge on any atom is -0.476 e. The third-order valence-electron chi connectivity index (χ3n) is 2.75. The first-order valence-corrected chi connectivity index (χ1v) is 6.57. The zero-order valence-corrected chi connectivity index (χ0v) is 11.6. The van der Waals surface area contributed by atoms with Gasteiger partial charge in [-0.3, -0.25) is 0 Å². The van der Waals surface area contributed by atoms with Crippen LogP contribution in [0, 0.1) is 0 Å². The third-order valence-corrected chi connectivity index (χ3v) is 2.75. The average molecular weight is 260 g/mol. The van der Waals surface area contributed by atoms with Crippen LogP contribution in [0.5, 0.6) is 5.88 Å². The van der Waals surface area contributed by atoms with E-state index < -0.39 is 0 Å². The summed E-state index contributed by atoms with van der Waals surface area (Å²) in [4.78, 5) is 4.41. The van der Waals surface area contributed by atoms with Crippen molar-refractivity contribution in [3.05, 3.63) is 30.1 Å². The van der Waals surface area contributed by atoms with Crippen LogP contribution in [0.4, 0.5) is 5.69 Å². The van der Waals surface area contributed by atoms with Gasteiger partial charge in [0.1, 0.15) is 0 Å². The normalized spacial score (nSPS) is 10.9. The lowest BCUT2D eigenvalue weighted by Crippen LogP contribution is -2.05. The number of rotatable bonds is 5. The largest absolute Gasteiger partial charge is 0.476 e. The first kappa shape index (κ1) is 13.4. The fourth-order valence-corrected chi connectivity index (χ4v) is 1.66. The Morgan fingerprint density at radius 3 is 2.74 bits per heavy atom. The number of nitrogens with two attached hydrogens (primary N) is 1. The highest BCUT2D eigenvalue weighted by Gasteiger charge is 2.08. The molecule has 0 amide bonds. The van der Waals surface area contributed by atoms with Crippen molar-refractivity contribution in [1.82, 2.24) is 14.8 Å². The summed E-state index contributed by atoms with van der Waals surface area (Å²) in [6, 6.07) is 5.63. The molecule has 2 N–H and O–H groups in total. The van der Waals surface area contributed by atoms with Crippen LogP contribution in [0.1, 0.15) is 38.8 Å². The molecule has 0 unspecified atom stereocenters. The molecule has 5 heteroatoms. The van der Waals surface area contributed by atoms with Crippen LogP contribution in [0.2, 0.25) is 0 Å². The molecular weight excluding hydrogens is 240 g/mol. The molecule has 2 aromatic rings. The Morgan fingerprint density at radius 2 is 2.11 bits per heavy atom. The van der Waals surface area contributed by atoms with Crippen molar-refractivity contribution >= 4 is 5.69 Å². The highest BCUT2D eigenvalue weighted by Crippen LogP contribution is 2.21. The summed E-state index contributed by atoms with van der Waals surface area (Å²) in [7, 11) is 0. The smallest absolute Gasteiger partial charge is 0.239 e. The van der Waals surface area contributed by atoms with Gasteiger partial charge < -0.3 is 10.5 Å². The van der Waals surface area contributed by atoms with Crippen LogP contribution < -0.4 is 10.5 Å². The topological polar surface area (TPSA) is 66.0 Å². The Labute approximate surface area is 113 Å². The quantitative estimate of drug-likeness (QED) is 0.897. The second-order valence-corrected chi connectivity index (χ2v) is 4.75. The lowest BCUT2D eigenvalue weighted by Gasteiger charge is -2.08. The van der Waals surface area contributed by atoms with Crippen LogP contribution in [0.25, 0.3) is 5.82 Å². The third kappa shape index (κ3) is 3.05. The highest BCUT2D eigenvalue weighted by molar-refractivity contribution is 5.50. The summed E-state index contributed by atoms with van der Waals surface area (Å²) in [5.41, 5.74) is 7.43. The number of aromatic nitrogens is 3. The first-order valence-electron chi connectivity index (χ1n) is 6.57. The van der Waals surface area contributed by atoms with Crippen molar-refractivity contribution in [2.24, 2.45) is 0 Å². The van der Waals surface area contributed by atoms with Crippen molar-refractivity contribution in [3.63, 3.8) is 0 Å². The van der Waals surface area contributed by atoms with Gasteiger partial charge in [0, 0.05) is 6.20 Å². The summed E-state index contributed by atoms with van der Waals surface area (Å²) in [6.07, 6.45) is 2.82. The maximum atomic E-state index is 5.84. The summed E-state index contributed by atoms with van der Waals surface area (Å²) in [6.45, 7) is 6.87. The SMILES string of the molecule is CCCOc1nc(-n2ccc(C(C)C)n2)ccc1N. The molecule has 0 aliphatic carbocycles. The van der Waals surface area contributed by atoms with E-state index in [2.05, 4.69) is 23.9 Å². The fraction of sp³-hybridized carbons (Fsp3) is 0.429. The summed E-state index contributed by atoms with van der Waals surface area (Å²) in [5, 5.41) is 4.49. The molecule has 2 aromatic heterocycles. The Morgan fingerprint density at radius 1 is 1.32 bits per heavy atom. The Balaban J connectivity index is 2.28. The molecule has 0 spiro atoms. The summed E-state index contributed by atoms with van der Waals surface area (Å²) in [5.74, 6) is 1.58. The summed E-state index contributed by atoms with van der Waals surface area (Å²) < 4.78 is 7.27. The molecule has 19 heavy (non-hydrogen) atoms. The number of hydrogen-bond acceptors (Lipinski definition) is 4. The van der Waals surface area contributed by atoms with E-state index in [-0.39, 0.29) is 0 Å². The molecule has 0 saturated heterocycles. The maximum Gasteiger partial charge on any atom is 0.239 e. The zero-order chi connectivity index (χ0) is 13.8. The molecule has 0 aliphatic rings. The molecule has 0 bridgehead atoms. The van der Waals surface area contributed by atoms with Gasteiger partial charge in [-0.2, -0.15) is 10.1 Å². The van der Waals surface area contributed by atoms with Crippen LogP contribution in [-0.2, 0) is 0 Å². The lowest BCUT2D eigenvalue weighted by atomic mass is 10.1. The zero-order valence-electron chi connectivity index (χ0n) is 11.6. The van der Waals surface area contributed by atoms with Gasteiger partial charge in [0.05, 0.1) is 18.0 Å². The van der Waals surface area contributed by atoms with Crippen molar-refractivity contribution in [2.75, 3.05) is 12.3 Å². The number of ether oxygens (including phenoxy) is 1. The van der Waals surface area contributed by atoms with Gasteiger partial charge >= 0.3 is 0 Å². The Bertz CT molecular complexity index is 548. The van der Waals surface area contributed by atoms with Gasteiger partial charge in [-0.05, 0) is 30.5 Å². The lowest BCUT2D eigenvalue weighted by molar-refractivity contribution is 0.307. The molecule has 0 aliphatic heterocycles. The van der Waals surface area contributed by atoms with Gasteiger partial charge in [0.25, 0.3) is 0 Å². The molecule has 0 saturated carbocycles. The standard InChI is InChI=1S/C14H20N4O/c1-4-9-19-14-11(15)5-6-13(16-14)18-8-7-12(17-18)10(2)3/h5-8,10H,4,9,15H2,1-3H3. The number of nitrogen functional groups attached to an aromatic ring is 1. The molecule has 2 heterocycles. The Kier molecular flexibility index (Phi) is 4.04.